The lowest BCUT2D eigenvalue weighted by atomic mass is 10.2. The number of nitrogens with one attached hydrogen (secondary N) is 3. The quantitative estimate of drug-likeness (QED) is 0.559. The summed E-state index contributed by atoms with van der Waals surface area (Å²) in [4.78, 5) is 23.2. The maximum Gasteiger partial charge on any atom is 0.416 e. The van der Waals surface area contributed by atoms with Crippen LogP contribution >= 0.6 is 0 Å². The van der Waals surface area contributed by atoms with Gasteiger partial charge in [-0.25, -0.2) is 13.4 Å². The van der Waals surface area contributed by atoms with Gasteiger partial charge in [-0.3, -0.25) is 13.8 Å². The summed E-state index contributed by atoms with van der Waals surface area (Å²) in [5.41, 5.74) is -1.51. The molecule has 29 heavy (non-hydrogen) atoms. The summed E-state index contributed by atoms with van der Waals surface area (Å²) >= 11 is -2.06. The van der Waals surface area contributed by atoms with E-state index in [0.717, 1.165) is 40.7 Å². The van der Waals surface area contributed by atoms with E-state index in [-0.39, 0.29) is 11.4 Å². The standard InChI is InChI=1S/C16H12F4N4O4S/c17-11-5-10(6-12(25)14(11)24-7-13(26)23-29(24)28)22-15(27)21-9-3-1-8(2-4-9)16(18,19)20/h1-6,25H,7H2,(H,23,26)(H2,21,22,27). The zero-order valence-electron chi connectivity index (χ0n) is 14.2. The van der Waals surface area contributed by atoms with Crippen LogP contribution in [0.5, 0.6) is 5.75 Å². The highest BCUT2D eigenvalue weighted by Crippen LogP contribution is 2.35. The number of aromatic hydroxyl groups is 1. The molecule has 1 saturated heterocycles. The number of rotatable bonds is 3. The number of nitrogens with zero attached hydrogens (tertiary/aromatic N) is 1. The summed E-state index contributed by atoms with van der Waals surface area (Å²) in [6, 6.07) is 4.51. The van der Waals surface area contributed by atoms with Crippen LogP contribution in [0.25, 0.3) is 0 Å². The highest BCUT2D eigenvalue weighted by molar-refractivity contribution is 7.85. The molecule has 2 aromatic rings. The molecule has 3 amide bonds. The van der Waals surface area contributed by atoms with E-state index in [2.05, 4.69) is 10.6 Å². The topological polar surface area (TPSA) is 111 Å². The SMILES string of the molecule is O=C1CN(c2c(O)cc(NC(=O)Nc3ccc(C(F)(F)F)cc3)cc2F)S(=O)N1. The third-order valence-corrected chi connectivity index (χ3v) is 4.82. The molecular weight excluding hydrogens is 420 g/mol. The number of alkyl halides is 3. The monoisotopic (exact) mass is 432 g/mol. The van der Waals surface area contributed by atoms with Gasteiger partial charge in [0, 0.05) is 17.4 Å². The Morgan fingerprint density at radius 2 is 1.76 bits per heavy atom. The van der Waals surface area contributed by atoms with Crippen LogP contribution in [-0.4, -0.2) is 27.8 Å². The van der Waals surface area contributed by atoms with E-state index in [9.17, 15) is 36.5 Å². The molecule has 0 bridgehead atoms. The molecule has 3 rings (SSSR count). The first-order valence-corrected chi connectivity index (χ1v) is 8.92. The van der Waals surface area contributed by atoms with E-state index in [0.29, 0.717) is 0 Å². The Bertz CT molecular complexity index is 974. The summed E-state index contributed by atoms with van der Waals surface area (Å²) < 4.78 is 66.5. The summed E-state index contributed by atoms with van der Waals surface area (Å²) in [7, 11) is 0. The van der Waals surface area contributed by atoms with E-state index in [1.807, 2.05) is 4.72 Å². The van der Waals surface area contributed by atoms with Crippen LogP contribution in [0.15, 0.2) is 36.4 Å². The Kier molecular flexibility index (Phi) is 5.33. The molecule has 0 aliphatic carbocycles. The van der Waals surface area contributed by atoms with Crippen molar-refractivity contribution < 1.29 is 36.5 Å². The van der Waals surface area contributed by atoms with Crippen LogP contribution in [0.3, 0.4) is 0 Å². The van der Waals surface area contributed by atoms with Gasteiger partial charge in [0.15, 0.2) is 5.82 Å². The summed E-state index contributed by atoms with van der Waals surface area (Å²) in [6.45, 7) is -0.432. The minimum absolute atomic E-state index is 0.0499. The van der Waals surface area contributed by atoms with Gasteiger partial charge in [0.05, 0.1) is 5.56 Å². The van der Waals surface area contributed by atoms with Gasteiger partial charge in [0.2, 0.25) is 11.2 Å². The number of hydrogen-bond donors (Lipinski definition) is 4. The van der Waals surface area contributed by atoms with Crippen LogP contribution in [0.4, 0.5) is 39.4 Å². The van der Waals surface area contributed by atoms with Crippen molar-refractivity contribution in [2.75, 3.05) is 21.5 Å². The van der Waals surface area contributed by atoms with Gasteiger partial charge in [-0.1, -0.05) is 0 Å². The van der Waals surface area contributed by atoms with Gasteiger partial charge in [0.1, 0.15) is 18.0 Å². The van der Waals surface area contributed by atoms with E-state index in [1.165, 1.54) is 0 Å². The number of halogens is 4. The number of phenols is 1. The van der Waals surface area contributed by atoms with Gasteiger partial charge >= 0.3 is 12.2 Å². The normalized spacial score (nSPS) is 16.5. The first kappa shape index (κ1) is 20.4. The van der Waals surface area contributed by atoms with Gasteiger partial charge in [-0.15, -0.1) is 0 Å². The van der Waals surface area contributed by atoms with Crippen LogP contribution in [0.2, 0.25) is 0 Å². The van der Waals surface area contributed by atoms with Crippen LogP contribution in [-0.2, 0) is 22.1 Å². The van der Waals surface area contributed by atoms with Crippen molar-refractivity contribution >= 4 is 40.2 Å². The smallest absolute Gasteiger partial charge is 0.416 e. The van der Waals surface area contributed by atoms with Crippen molar-refractivity contribution in [2.45, 2.75) is 6.18 Å². The minimum atomic E-state index is -4.52. The molecule has 0 aromatic heterocycles. The maximum atomic E-state index is 14.3. The average Bonchev–Trinajstić information content (AvgIpc) is 2.92. The van der Waals surface area contributed by atoms with Gasteiger partial charge in [-0.2, -0.15) is 13.2 Å². The molecule has 1 unspecified atom stereocenters. The second-order valence-electron chi connectivity index (χ2n) is 5.79. The summed E-state index contributed by atoms with van der Waals surface area (Å²) in [6.07, 6.45) is -4.52. The molecule has 1 heterocycles. The second-order valence-corrected chi connectivity index (χ2v) is 6.93. The molecule has 1 fully saturated rings. The first-order chi connectivity index (χ1) is 13.5. The molecular formula is C16H12F4N4O4S. The summed E-state index contributed by atoms with van der Waals surface area (Å²) in [5, 5.41) is 14.5. The molecule has 1 atom stereocenters. The van der Waals surface area contributed by atoms with Crippen molar-refractivity contribution in [1.82, 2.24) is 4.72 Å². The van der Waals surface area contributed by atoms with Crippen LogP contribution < -0.4 is 19.7 Å². The molecule has 0 spiro atoms. The predicted octanol–water partition coefficient (Wildman–Crippen LogP) is 2.71. The minimum Gasteiger partial charge on any atom is -0.506 e. The zero-order valence-corrected chi connectivity index (χ0v) is 15.0. The second kappa shape index (κ2) is 7.58. The van der Waals surface area contributed by atoms with Crippen molar-refractivity contribution in [3.8, 4) is 5.75 Å². The number of phenolic OH excluding ortho intramolecular Hbond substituents is 1. The zero-order chi connectivity index (χ0) is 21.3. The molecule has 1 aliphatic heterocycles. The number of hydrogen-bond acceptors (Lipinski definition) is 4. The Balaban J connectivity index is 1.71. The Morgan fingerprint density at radius 3 is 2.28 bits per heavy atom. The van der Waals surface area contributed by atoms with Gasteiger partial charge in [-0.05, 0) is 30.3 Å². The highest BCUT2D eigenvalue weighted by Gasteiger charge is 2.32. The van der Waals surface area contributed by atoms with Crippen LogP contribution in [0, 0.1) is 5.82 Å². The van der Waals surface area contributed by atoms with Crippen molar-refractivity contribution in [2.24, 2.45) is 0 Å². The maximum absolute atomic E-state index is 14.3. The van der Waals surface area contributed by atoms with E-state index in [1.54, 1.807) is 0 Å². The molecule has 1 aliphatic rings. The lowest BCUT2D eigenvalue weighted by molar-refractivity contribution is -0.137. The van der Waals surface area contributed by atoms with Gasteiger partial charge in [0.25, 0.3) is 5.91 Å². The third-order valence-electron chi connectivity index (χ3n) is 3.71. The fraction of sp³-hybridized carbons (Fsp3) is 0.125. The number of carbonyl (C=O) groups excluding carboxylic acids is 2. The third kappa shape index (κ3) is 4.56. The number of amides is 3. The van der Waals surface area contributed by atoms with Crippen molar-refractivity contribution in [3.63, 3.8) is 0 Å². The van der Waals surface area contributed by atoms with Crippen LogP contribution in [0.1, 0.15) is 5.56 Å². The van der Waals surface area contributed by atoms with Crippen molar-refractivity contribution in [3.05, 3.63) is 47.8 Å². The Morgan fingerprint density at radius 1 is 1.14 bits per heavy atom. The Hall–Kier alpha value is -3.35. The van der Waals surface area contributed by atoms with E-state index < -0.39 is 58.6 Å². The molecule has 4 N–H and O–H groups in total. The lowest BCUT2D eigenvalue weighted by Gasteiger charge is -2.17. The molecule has 0 radical (unpaired) electrons. The molecule has 8 nitrogen and oxygen atoms in total. The molecule has 0 saturated carbocycles. The Labute approximate surface area is 163 Å². The predicted molar refractivity (Wildman–Crippen MR) is 95.8 cm³/mol. The largest absolute Gasteiger partial charge is 0.506 e. The number of anilines is 3. The van der Waals surface area contributed by atoms with Gasteiger partial charge < -0.3 is 15.7 Å². The molecule has 2 aromatic carbocycles. The lowest BCUT2D eigenvalue weighted by Crippen LogP contribution is -2.24. The first-order valence-electron chi connectivity index (χ1n) is 7.81. The number of urea groups is 1. The van der Waals surface area contributed by atoms with E-state index in [4.69, 9.17) is 0 Å². The number of carbonyl (C=O) groups is 2. The van der Waals surface area contributed by atoms with E-state index >= 15 is 0 Å². The summed E-state index contributed by atoms with van der Waals surface area (Å²) in [5.74, 6) is -2.36. The fourth-order valence-electron chi connectivity index (χ4n) is 2.48. The molecule has 13 heteroatoms. The highest BCUT2D eigenvalue weighted by atomic mass is 32.2. The number of benzene rings is 2. The van der Waals surface area contributed by atoms with Crippen molar-refractivity contribution in [1.29, 1.82) is 0 Å². The fourth-order valence-corrected chi connectivity index (χ4v) is 3.43. The molecule has 154 valence electrons. The average molecular weight is 432 g/mol.